The Morgan fingerprint density at radius 3 is 1.37 bits per heavy atom. The van der Waals surface area contributed by atoms with Gasteiger partial charge >= 0.3 is 25.7 Å². The van der Waals surface area contributed by atoms with Crippen LogP contribution in [0, 0.1) is 0 Å². The molecule has 46 heavy (non-hydrogen) atoms. The van der Waals surface area contributed by atoms with Gasteiger partial charge in [0.15, 0.2) is 6.10 Å². The molecule has 0 fully saturated rings. The van der Waals surface area contributed by atoms with Crippen LogP contribution in [0.4, 0.5) is 0 Å². The molecular formula is C34H66NO10P. The molecule has 3 atom stereocenters. The minimum atomic E-state index is -4.67. The zero-order chi connectivity index (χ0) is 34.3. The topological polar surface area (TPSA) is 172 Å². The summed E-state index contributed by atoms with van der Waals surface area (Å²) in [6.07, 6.45) is 28.7. The Balaban J connectivity index is 3.74. The number of ether oxygens (including phenoxy) is 2. The van der Waals surface area contributed by atoms with Gasteiger partial charge in [-0.05, 0) is 6.42 Å². The number of carboxylic acids is 1. The van der Waals surface area contributed by atoms with Crippen LogP contribution in [0.3, 0.4) is 0 Å². The van der Waals surface area contributed by atoms with Gasteiger partial charge in [0, 0.05) is 13.3 Å². The van der Waals surface area contributed by atoms with Gasteiger partial charge in [-0.1, -0.05) is 148 Å². The third-order valence-corrected chi connectivity index (χ3v) is 8.86. The molecule has 0 amide bonds. The van der Waals surface area contributed by atoms with Crippen molar-refractivity contribution in [1.82, 2.24) is 0 Å². The monoisotopic (exact) mass is 679 g/mol. The number of hydrogen-bond donors (Lipinski definition) is 3. The summed E-state index contributed by atoms with van der Waals surface area (Å²) >= 11 is 0. The van der Waals surface area contributed by atoms with E-state index < -0.39 is 51.1 Å². The van der Waals surface area contributed by atoms with E-state index in [0.29, 0.717) is 6.42 Å². The lowest BCUT2D eigenvalue weighted by molar-refractivity contribution is -0.160. The molecule has 0 aromatic carbocycles. The first-order chi connectivity index (χ1) is 22.1. The average Bonchev–Trinajstić information content (AvgIpc) is 3.01. The summed E-state index contributed by atoms with van der Waals surface area (Å²) in [5.74, 6) is -2.56. The minimum absolute atomic E-state index is 0.163. The minimum Gasteiger partial charge on any atom is -0.480 e. The van der Waals surface area contributed by atoms with Crippen LogP contribution < -0.4 is 5.73 Å². The number of phosphoric ester groups is 1. The van der Waals surface area contributed by atoms with Crippen molar-refractivity contribution in [3.63, 3.8) is 0 Å². The predicted octanol–water partition coefficient (Wildman–Crippen LogP) is 8.39. The number of esters is 2. The predicted molar refractivity (Wildman–Crippen MR) is 180 cm³/mol. The first-order valence-corrected chi connectivity index (χ1v) is 19.5. The Labute approximate surface area is 278 Å². The van der Waals surface area contributed by atoms with Crippen LogP contribution in [0.2, 0.25) is 0 Å². The maximum atomic E-state index is 12.3. The highest BCUT2D eigenvalue weighted by molar-refractivity contribution is 7.47. The Morgan fingerprint density at radius 2 is 1.00 bits per heavy atom. The zero-order valence-corrected chi connectivity index (χ0v) is 29.8. The molecule has 0 aliphatic carbocycles. The second-order valence-electron chi connectivity index (χ2n) is 12.4. The van der Waals surface area contributed by atoms with Crippen molar-refractivity contribution in [2.24, 2.45) is 5.73 Å². The molecule has 0 aromatic rings. The maximum Gasteiger partial charge on any atom is 0.472 e. The largest absolute Gasteiger partial charge is 0.480 e. The molecule has 11 nitrogen and oxygen atoms in total. The molecule has 0 spiro atoms. The second kappa shape index (κ2) is 30.8. The van der Waals surface area contributed by atoms with E-state index >= 15 is 0 Å². The number of rotatable bonds is 34. The molecule has 0 aromatic heterocycles. The van der Waals surface area contributed by atoms with Crippen LogP contribution in [-0.2, 0) is 37.5 Å². The molecule has 4 N–H and O–H groups in total. The van der Waals surface area contributed by atoms with Crippen molar-refractivity contribution in [3.05, 3.63) is 0 Å². The number of unbranched alkanes of at least 4 members (excludes halogenated alkanes) is 22. The third-order valence-electron chi connectivity index (χ3n) is 7.91. The summed E-state index contributed by atoms with van der Waals surface area (Å²) in [4.78, 5) is 43.9. The molecule has 0 heterocycles. The van der Waals surface area contributed by atoms with Gasteiger partial charge in [-0.25, -0.2) is 4.57 Å². The lowest BCUT2D eigenvalue weighted by atomic mass is 10.0. The lowest BCUT2D eigenvalue weighted by Crippen LogP contribution is -2.34. The lowest BCUT2D eigenvalue weighted by Gasteiger charge is -2.20. The second-order valence-corrected chi connectivity index (χ2v) is 13.9. The van der Waals surface area contributed by atoms with Crippen LogP contribution in [0.5, 0.6) is 0 Å². The van der Waals surface area contributed by atoms with Gasteiger partial charge < -0.3 is 25.2 Å². The van der Waals surface area contributed by atoms with Crippen LogP contribution in [0.1, 0.15) is 168 Å². The Kier molecular flexibility index (Phi) is 29.8. The van der Waals surface area contributed by atoms with Gasteiger partial charge in [-0.2, -0.15) is 0 Å². The molecule has 3 unspecified atom stereocenters. The number of carbonyl (C=O) groups excluding carboxylic acids is 2. The fourth-order valence-corrected chi connectivity index (χ4v) is 5.86. The molecule has 12 heteroatoms. The van der Waals surface area contributed by atoms with Crippen LogP contribution in [-0.4, -0.2) is 59.9 Å². The molecule has 0 saturated heterocycles. The first kappa shape index (κ1) is 44.5. The van der Waals surface area contributed by atoms with E-state index in [-0.39, 0.29) is 13.0 Å². The number of nitrogens with two attached hydrogens (primary N) is 1. The summed E-state index contributed by atoms with van der Waals surface area (Å²) < 4.78 is 31.4. The van der Waals surface area contributed by atoms with Crippen molar-refractivity contribution in [3.8, 4) is 0 Å². The summed E-state index contributed by atoms with van der Waals surface area (Å²) in [7, 11) is -4.67. The van der Waals surface area contributed by atoms with Crippen molar-refractivity contribution >= 4 is 25.7 Å². The Bertz CT molecular complexity index is 813. The molecule has 0 radical (unpaired) electrons. The van der Waals surface area contributed by atoms with Crippen molar-refractivity contribution in [2.75, 3.05) is 19.8 Å². The van der Waals surface area contributed by atoms with E-state index in [9.17, 15) is 23.8 Å². The van der Waals surface area contributed by atoms with E-state index in [4.69, 9.17) is 24.8 Å². The molecule has 272 valence electrons. The number of phosphoric acid groups is 1. The average molecular weight is 680 g/mol. The molecule has 0 saturated carbocycles. The highest BCUT2D eigenvalue weighted by atomic mass is 31.2. The summed E-state index contributed by atoms with van der Waals surface area (Å²) in [5, 5.41) is 8.73. The SMILES string of the molecule is CCCCCCCCCCCCCCCCCCCCCCCCCC(=O)OC(COC(C)=O)COP(=O)(O)OCC(N)C(=O)O. The fraction of sp³-hybridized carbons (Fsp3) is 0.912. The zero-order valence-electron chi connectivity index (χ0n) is 28.9. The van der Waals surface area contributed by atoms with Gasteiger partial charge in [0.05, 0.1) is 13.2 Å². The normalized spacial score (nSPS) is 14.0. The van der Waals surface area contributed by atoms with E-state index in [1.165, 1.54) is 129 Å². The highest BCUT2D eigenvalue weighted by Crippen LogP contribution is 2.43. The van der Waals surface area contributed by atoms with Gasteiger partial charge in [-0.3, -0.25) is 23.4 Å². The fourth-order valence-electron chi connectivity index (χ4n) is 5.09. The Morgan fingerprint density at radius 1 is 0.630 bits per heavy atom. The van der Waals surface area contributed by atoms with Crippen molar-refractivity contribution in [1.29, 1.82) is 0 Å². The van der Waals surface area contributed by atoms with E-state index in [1.54, 1.807) is 0 Å². The van der Waals surface area contributed by atoms with Crippen LogP contribution >= 0.6 is 7.82 Å². The van der Waals surface area contributed by atoms with E-state index in [2.05, 4.69) is 11.4 Å². The first-order valence-electron chi connectivity index (χ1n) is 18.0. The van der Waals surface area contributed by atoms with Crippen LogP contribution in [0.25, 0.3) is 0 Å². The molecule has 0 aliphatic rings. The van der Waals surface area contributed by atoms with Crippen LogP contribution in [0.15, 0.2) is 0 Å². The molecule has 0 bridgehead atoms. The third kappa shape index (κ3) is 31.1. The van der Waals surface area contributed by atoms with Gasteiger partial charge in [0.1, 0.15) is 12.6 Å². The standard InChI is InChI=1S/C34H66NO10P/c1-3-4-5-6-7-8-9-10-11-12-13-14-15-16-17-18-19-20-21-22-23-24-25-26-33(37)45-31(27-42-30(2)36)28-43-46(40,41)44-29-32(35)34(38)39/h31-32H,3-29,35H2,1-2H3,(H,38,39)(H,40,41). The van der Waals surface area contributed by atoms with Crippen molar-refractivity contribution < 1.29 is 47.5 Å². The number of carbonyl (C=O) groups is 3. The Hall–Kier alpha value is -1.52. The van der Waals surface area contributed by atoms with Gasteiger partial charge in [0.2, 0.25) is 0 Å². The molecular weight excluding hydrogens is 613 g/mol. The maximum absolute atomic E-state index is 12.3. The van der Waals surface area contributed by atoms with E-state index in [1.807, 2.05) is 0 Å². The quantitative estimate of drug-likeness (QED) is 0.0339. The molecule has 0 aliphatic heterocycles. The molecule has 0 rings (SSSR count). The van der Waals surface area contributed by atoms with Gasteiger partial charge in [0.25, 0.3) is 0 Å². The smallest absolute Gasteiger partial charge is 0.472 e. The van der Waals surface area contributed by atoms with Gasteiger partial charge in [-0.15, -0.1) is 0 Å². The number of carboxylic acid groups (broad SMARTS) is 1. The summed E-state index contributed by atoms with van der Waals surface area (Å²) in [6, 6.07) is -1.51. The van der Waals surface area contributed by atoms with E-state index in [0.717, 1.165) is 19.3 Å². The highest BCUT2D eigenvalue weighted by Gasteiger charge is 2.27. The summed E-state index contributed by atoms with van der Waals surface area (Å²) in [6.45, 7) is 1.74. The van der Waals surface area contributed by atoms with Crippen molar-refractivity contribution in [2.45, 2.75) is 180 Å². The summed E-state index contributed by atoms with van der Waals surface area (Å²) in [5.41, 5.74) is 5.24. The number of aliphatic carboxylic acids is 1. The number of hydrogen-bond acceptors (Lipinski definition) is 9.